The monoisotopic (exact) mass is 366 g/mol. The van der Waals surface area contributed by atoms with Crippen LogP contribution in [0, 0.1) is 17.8 Å². The van der Waals surface area contributed by atoms with Crippen molar-refractivity contribution in [2.75, 3.05) is 32.8 Å². The first-order valence-electron chi connectivity index (χ1n) is 11.0. The number of benzene rings is 1. The molecule has 1 aromatic rings. The zero-order chi connectivity index (χ0) is 18.6. The molecule has 27 heavy (non-hydrogen) atoms. The molecule has 1 N–H and O–H groups in total. The van der Waals surface area contributed by atoms with E-state index in [-0.39, 0.29) is 12.6 Å². The summed E-state index contributed by atoms with van der Waals surface area (Å²) in [5.41, 5.74) is 2.49. The molecule has 0 radical (unpaired) electrons. The van der Waals surface area contributed by atoms with E-state index in [2.05, 4.69) is 52.8 Å². The molecular weight excluding hydrogens is 332 g/mol. The second kappa shape index (κ2) is 8.78. The fraction of sp³-hybridized carbons (Fsp3) is 0.667. The van der Waals surface area contributed by atoms with Crippen molar-refractivity contribution in [3.63, 3.8) is 0 Å². The maximum absolute atomic E-state index is 10.1. The highest BCUT2D eigenvalue weighted by atomic mass is 16.3. The van der Waals surface area contributed by atoms with Gasteiger partial charge in [-0.15, -0.1) is 0 Å². The van der Waals surface area contributed by atoms with E-state index in [0.717, 1.165) is 37.4 Å². The molecule has 0 spiro atoms. The molecule has 1 aliphatic carbocycles. The first-order chi connectivity index (χ1) is 13.3. The first kappa shape index (κ1) is 19.0. The maximum Gasteiger partial charge on any atom is 0.0593 e. The van der Waals surface area contributed by atoms with Gasteiger partial charge in [-0.05, 0) is 68.8 Å². The summed E-state index contributed by atoms with van der Waals surface area (Å²) in [7, 11) is 0. The summed E-state index contributed by atoms with van der Waals surface area (Å²) in [5.74, 6) is 7.90. The smallest absolute Gasteiger partial charge is 0.0593 e. The van der Waals surface area contributed by atoms with Crippen LogP contribution in [-0.2, 0) is 0 Å². The molecule has 0 unspecified atom stereocenters. The fourth-order valence-corrected chi connectivity index (χ4v) is 4.92. The van der Waals surface area contributed by atoms with Crippen molar-refractivity contribution < 1.29 is 5.11 Å². The molecule has 146 valence electrons. The van der Waals surface area contributed by atoms with Crippen molar-refractivity contribution in [2.45, 2.75) is 63.5 Å². The summed E-state index contributed by atoms with van der Waals surface area (Å²) >= 11 is 0. The summed E-state index contributed by atoms with van der Waals surface area (Å²) in [5, 5.41) is 10.1. The zero-order valence-corrected chi connectivity index (χ0v) is 16.7. The number of aliphatic hydroxyl groups is 1. The van der Waals surface area contributed by atoms with Crippen LogP contribution in [0.4, 0.5) is 0 Å². The van der Waals surface area contributed by atoms with Crippen molar-refractivity contribution in [2.24, 2.45) is 5.92 Å². The number of hydrogen-bond acceptors (Lipinski definition) is 3. The third-order valence-corrected chi connectivity index (χ3v) is 6.57. The Balaban J connectivity index is 1.48. The van der Waals surface area contributed by atoms with Gasteiger partial charge in [0.2, 0.25) is 0 Å². The van der Waals surface area contributed by atoms with Gasteiger partial charge in [-0.2, -0.15) is 0 Å². The first-order valence-corrected chi connectivity index (χ1v) is 11.0. The Labute approximate surface area is 164 Å². The molecule has 3 heteroatoms. The average molecular weight is 367 g/mol. The van der Waals surface area contributed by atoms with Crippen molar-refractivity contribution in [3.8, 4) is 11.8 Å². The lowest BCUT2D eigenvalue weighted by atomic mass is 9.74. The Bertz CT molecular complexity index is 670. The van der Waals surface area contributed by atoms with Crippen molar-refractivity contribution in [1.29, 1.82) is 0 Å². The Morgan fingerprint density at radius 1 is 1.11 bits per heavy atom. The number of hydrogen-bond donors (Lipinski definition) is 1. The molecule has 1 saturated carbocycles. The van der Waals surface area contributed by atoms with Crippen molar-refractivity contribution >= 4 is 0 Å². The summed E-state index contributed by atoms with van der Waals surface area (Å²) < 4.78 is 0. The molecule has 3 fully saturated rings. The zero-order valence-electron chi connectivity index (χ0n) is 16.7. The van der Waals surface area contributed by atoms with Gasteiger partial charge in [0.15, 0.2) is 0 Å². The van der Waals surface area contributed by atoms with Crippen LogP contribution >= 0.6 is 0 Å². The lowest BCUT2D eigenvalue weighted by molar-refractivity contribution is -0.0649. The van der Waals surface area contributed by atoms with E-state index in [1.807, 2.05) is 0 Å². The lowest BCUT2D eigenvalue weighted by Crippen LogP contribution is -2.67. The minimum atomic E-state index is 0.266. The molecule has 2 saturated heterocycles. The summed E-state index contributed by atoms with van der Waals surface area (Å²) in [6, 6.07) is 9.68. The molecule has 3 nitrogen and oxygen atoms in total. The second-order valence-corrected chi connectivity index (χ2v) is 8.66. The second-order valence-electron chi connectivity index (χ2n) is 8.66. The van der Waals surface area contributed by atoms with Gasteiger partial charge in [-0.3, -0.25) is 4.90 Å². The fourth-order valence-electron chi connectivity index (χ4n) is 4.92. The number of aliphatic hydroxyl groups excluding tert-OH is 1. The molecule has 0 amide bonds. The highest BCUT2D eigenvalue weighted by Crippen LogP contribution is 2.42. The van der Waals surface area contributed by atoms with E-state index in [1.54, 1.807) is 0 Å². The van der Waals surface area contributed by atoms with Crippen LogP contribution in [0.1, 0.15) is 62.5 Å². The largest absolute Gasteiger partial charge is 0.395 e. The number of nitrogens with zero attached hydrogens (tertiary/aromatic N) is 2. The standard InChI is InChI=1S/C24H34N2O/c1-2-3-4-7-19-10-12-21(13-11-19)24-22-17-25(16-20-8-9-20)14-5-6-15-26(22)23(24)18-27/h10-13,20,22-24,27H,2-3,5-6,8-9,14-18H2,1H3/t22-,23-,24+/m0/s1. The maximum atomic E-state index is 10.1. The molecule has 2 aliphatic heterocycles. The molecule has 2 heterocycles. The number of rotatable bonds is 5. The van der Waals surface area contributed by atoms with Gasteiger partial charge < -0.3 is 10.0 Å². The van der Waals surface area contributed by atoms with Crippen LogP contribution in [-0.4, -0.2) is 59.8 Å². The van der Waals surface area contributed by atoms with Crippen LogP contribution < -0.4 is 0 Å². The number of fused-ring (bicyclic) bond motifs is 1. The molecule has 1 aromatic carbocycles. The van der Waals surface area contributed by atoms with Crippen LogP contribution in [0.3, 0.4) is 0 Å². The van der Waals surface area contributed by atoms with Crippen LogP contribution in [0.2, 0.25) is 0 Å². The van der Waals surface area contributed by atoms with E-state index in [9.17, 15) is 5.11 Å². The Morgan fingerprint density at radius 3 is 2.59 bits per heavy atom. The Hall–Kier alpha value is -1.34. The lowest BCUT2D eigenvalue weighted by Gasteiger charge is -2.57. The average Bonchev–Trinajstić information content (AvgIpc) is 3.48. The van der Waals surface area contributed by atoms with E-state index in [4.69, 9.17) is 0 Å². The molecule has 3 atom stereocenters. The van der Waals surface area contributed by atoms with Gasteiger partial charge in [0.25, 0.3) is 0 Å². The number of unbranched alkanes of at least 4 members (excludes halogenated alkanes) is 1. The van der Waals surface area contributed by atoms with Gasteiger partial charge in [0, 0.05) is 43.1 Å². The third kappa shape index (κ3) is 4.40. The van der Waals surface area contributed by atoms with Gasteiger partial charge in [-0.25, -0.2) is 0 Å². The normalized spacial score (nSPS) is 29.0. The summed E-state index contributed by atoms with van der Waals surface area (Å²) in [6.07, 6.45) is 7.48. The molecule has 4 rings (SSSR count). The highest BCUT2D eigenvalue weighted by molar-refractivity contribution is 5.39. The van der Waals surface area contributed by atoms with Crippen LogP contribution in [0.25, 0.3) is 0 Å². The summed E-state index contributed by atoms with van der Waals surface area (Å²) in [6.45, 7) is 7.27. The van der Waals surface area contributed by atoms with E-state index in [1.165, 1.54) is 44.3 Å². The SMILES string of the molecule is CCCC#Cc1ccc([C@H]2[C@H](CO)N3CCCCN(CC4CC4)C[C@@H]23)cc1. The van der Waals surface area contributed by atoms with E-state index in [0.29, 0.717) is 12.0 Å². The van der Waals surface area contributed by atoms with Crippen LogP contribution in [0.5, 0.6) is 0 Å². The van der Waals surface area contributed by atoms with Crippen molar-refractivity contribution in [3.05, 3.63) is 35.4 Å². The predicted molar refractivity (Wildman–Crippen MR) is 111 cm³/mol. The third-order valence-electron chi connectivity index (χ3n) is 6.57. The minimum absolute atomic E-state index is 0.266. The quantitative estimate of drug-likeness (QED) is 0.809. The van der Waals surface area contributed by atoms with Crippen molar-refractivity contribution in [1.82, 2.24) is 9.80 Å². The van der Waals surface area contributed by atoms with E-state index >= 15 is 0 Å². The summed E-state index contributed by atoms with van der Waals surface area (Å²) in [4.78, 5) is 5.29. The Kier molecular flexibility index (Phi) is 6.18. The van der Waals surface area contributed by atoms with Crippen LogP contribution in [0.15, 0.2) is 24.3 Å². The topological polar surface area (TPSA) is 26.7 Å². The van der Waals surface area contributed by atoms with Gasteiger partial charge in [-0.1, -0.05) is 30.9 Å². The molecule has 0 bridgehead atoms. The molecule has 3 aliphatic rings. The predicted octanol–water partition coefficient (Wildman–Crippen LogP) is 3.47. The van der Waals surface area contributed by atoms with Gasteiger partial charge in [0.1, 0.15) is 0 Å². The van der Waals surface area contributed by atoms with Gasteiger partial charge >= 0.3 is 0 Å². The Morgan fingerprint density at radius 2 is 1.89 bits per heavy atom. The minimum Gasteiger partial charge on any atom is -0.395 e. The molecular formula is C24H34N2O. The van der Waals surface area contributed by atoms with E-state index < -0.39 is 0 Å². The van der Waals surface area contributed by atoms with Gasteiger partial charge in [0.05, 0.1) is 6.61 Å². The molecule has 0 aromatic heterocycles. The highest BCUT2D eigenvalue weighted by Gasteiger charge is 2.49.